The first kappa shape index (κ1) is 19.8. The Hall–Kier alpha value is -1.54. The maximum Gasteiger partial charge on any atom is 0.248 e. The molecule has 0 saturated carbocycles. The van der Waals surface area contributed by atoms with Crippen molar-refractivity contribution in [1.29, 1.82) is 0 Å². The minimum atomic E-state index is -0.280. The summed E-state index contributed by atoms with van der Waals surface area (Å²) in [5.74, 6) is 0.321. The molecule has 0 saturated heterocycles. The topological polar surface area (TPSA) is 53.2 Å². The molecule has 0 bridgehead atoms. The third-order valence-electron chi connectivity index (χ3n) is 2.91. The van der Waals surface area contributed by atoms with Gasteiger partial charge in [0.25, 0.3) is 0 Å². The summed E-state index contributed by atoms with van der Waals surface area (Å²) in [4.78, 5) is 11.8. The van der Waals surface area contributed by atoms with E-state index in [4.69, 9.17) is 35.4 Å². The molecule has 0 aliphatic heterocycles. The maximum atomic E-state index is 12.8. The lowest BCUT2D eigenvalue weighted by Crippen LogP contribution is -2.44. The van der Waals surface area contributed by atoms with Gasteiger partial charge in [0.2, 0.25) is 5.91 Å². The zero-order valence-corrected chi connectivity index (χ0v) is 16.0. The van der Waals surface area contributed by atoms with Gasteiger partial charge in [0.15, 0.2) is 5.11 Å². The van der Waals surface area contributed by atoms with E-state index in [-0.39, 0.29) is 22.6 Å². The van der Waals surface area contributed by atoms with E-state index in [9.17, 15) is 9.18 Å². The van der Waals surface area contributed by atoms with E-state index in [0.717, 1.165) is 5.56 Å². The number of benzene rings is 2. The number of halogens is 3. The van der Waals surface area contributed by atoms with Crippen molar-refractivity contribution in [2.45, 2.75) is 5.75 Å². The fourth-order valence-corrected chi connectivity index (χ4v) is 3.15. The van der Waals surface area contributed by atoms with E-state index < -0.39 is 0 Å². The number of amides is 1. The molecule has 0 aromatic heterocycles. The highest BCUT2D eigenvalue weighted by Gasteiger charge is 2.06. The monoisotopic (exact) mass is 417 g/mol. The number of rotatable bonds is 5. The number of hydrogen-bond acceptors (Lipinski definition) is 3. The van der Waals surface area contributed by atoms with Crippen molar-refractivity contribution >= 4 is 63.9 Å². The van der Waals surface area contributed by atoms with Crippen LogP contribution >= 0.6 is 47.2 Å². The van der Waals surface area contributed by atoms with Crippen LogP contribution in [0.1, 0.15) is 5.56 Å². The molecule has 0 atom stereocenters. The third-order valence-corrected chi connectivity index (χ3v) is 4.67. The molecule has 2 aromatic carbocycles. The normalized spacial score (nSPS) is 10.2. The van der Waals surface area contributed by atoms with E-state index >= 15 is 0 Å². The molecule has 0 aliphatic rings. The molecule has 2 aromatic rings. The molecule has 0 unspecified atom stereocenters. The van der Waals surface area contributed by atoms with Crippen LogP contribution in [0.2, 0.25) is 10.0 Å². The number of carbonyl (C=O) groups excluding carboxylic acids is 1. The summed E-state index contributed by atoms with van der Waals surface area (Å²) in [5.41, 5.74) is 6.60. The van der Waals surface area contributed by atoms with Crippen LogP contribution in [0, 0.1) is 5.82 Å². The van der Waals surface area contributed by atoms with Crippen LogP contribution in [-0.2, 0) is 10.5 Å². The summed E-state index contributed by atoms with van der Waals surface area (Å²) in [6, 6.07) is 11.1. The van der Waals surface area contributed by atoms with Crippen molar-refractivity contribution in [1.82, 2.24) is 10.9 Å². The van der Waals surface area contributed by atoms with E-state index in [0.29, 0.717) is 21.5 Å². The van der Waals surface area contributed by atoms with Gasteiger partial charge < -0.3 is 5.32 Å². The quantitative estimate of drug-likeness (QED) is 0.497. The molecule has 0 fully saturated rings. The Morgan fingerprint density at radius 2 is 1.84 bits per heavy atom. The number of nitrogens with one attached hydrogen (secondary N) is 3. The molecule has 1 amide bonds. The largest absolute Gasteiger partial charge is 0.330 e. The zero-order chi connectivity index (χ0) is 18.2. The van der Waals surface area contributed by atoms with Crippen molar-refractivity contribution in [2.75, 3.05) is 11.1 Å². The summed E-state index contributed by atoms with van der Waals surface area (Å²) in [6.07, 6.45) is 0. The predicted molar refractivity (Wildman–Crippen MR) is 107 cm³/mol. The molecule has 0 radical (unpaired) electrons. The Morgan fingerprint density at radius 1 is 1.12 bits per heavy atom. The molecule has 4 nitrogen and oxygen atoms in total. The van der Waals surface area contributed by atoms with Gasteiger partial charge in [0, 0.05) is 10.8 Å². The van der Waals surface area contributed by atoms with E-state index in [2.05, 4.69) is 16.2 Å². The summed E-state index contributed by atoms with van der Waals surface area (Å²) in [6.45, 7) is 0. The van der Waals surface area contributed by atoms with Crippen LogP contribution in [0.4, 0.5) is 10.1 Å². The van der Waals surface area contributed by atoms with Gasteiger partial charge in [-0.1, -0.05) is 35.3 Å². The lowest BCUT2D eigenvalue weighted by atomic mass is 10.2. The van der Waals surface area contributed by atoms with Crippen LogP contribution in [0.5, 0.6) is 0 Å². The molecule has 2 rings (SSSR count). The first-order chi connectivity index (χ1) is 11.9. The molecule has 132 valence electrons. The third kappa shape index (κ3) is 7.07. The lowest BCUT2D eigenvalue weighted by molar-refractivity contribution is -0.119. The molecule has 0 spiro atoms. The SMILES string of the molecule is O=C(CSCc1ccc(F)cc1)NNC(=S)Nc1ccc(Cl)cc1Cl. The molecular weight excluding hydrogens is 404 g/mol. The van der Waals surface area contributed by atoms with Gasteiger partial charge in [-0.05, 0) is 48.1 Å². The average Bonchev–Trinajstić information content (AvgIpc) is 2.57. The van der Waals surface area contributed by atoms with E-state index in [1.165, 1.54) is 23.9 Å². The fourth-order valence-electron chi connectivity index (χ4n) is 1.75. The number of thioether (sulfide) groups is 1. The van der Waals surface area contributed by atoms with Crippen LogP contribution in [0.25, 0.3) is 0 Å². The second-order valence-electron chi connectivity index (χ2n) is 4.87. The van der Waals surface area contributed by atoms with Crippen LogP contribution in [-0.4, -0.2) is 16.8 Å². The molecule has 25 heavy (non-hydrogen) atoms. The number of thiocarbonyl (C=S) groups is 1. The number of hydrogen-bond donors (Lipinski definition) is 3. The van der Waals surface area contributed by atoms with E-state index in [1.807, 2.05) is 0 Å². The van der Waals surface area contributed by atoms with Crippen LogP contribution in [0.15, 0.2) is 42.5 Å². The minimum Gasteiger partial charge on any atom is -0.330 e. The summed E-state index contributed by atoms with van der Waals surface area (Å²) >= 11 is 18.3. The smallest absolute Gasteiger partial charge is 0.248 e. The number of hydrazine groups is 1. The van der Waals surface area contributed by atoms with Gasteiger partial charge in [-0.25, -0.2) is 4.39 Å². The molecule has 0 heterocycles. The minimum absolute atomic E-state index is 0.195. The summed E-state index contributed by atoms with van der Waals surface area (Å²) < 4.78 is 12.8. The van der Waals surface area contributed by atoms with Gasteiger partial charge in [-0.15, -0.1) is 11.8 Å². The van der Waals surface area contributed by atoms with Crippen molar-refractivity contribution in [2.24, 2.45) is 0 Å². The second-order valence-corrected chi connectivity index (χ2v) is 7.11. The number of carbonyl (C=O) groups is 1. The van der Waals surface area contributed by atoms with Gasteiger partial charge in [0.1, 0.15) is 5.82 Å². The highest BCUT2D eigenvalue weighted by atomic mass is 35.5. The maximum absolute atomic E-state index is 12.8. The van der Waals surface area contributed by atoms with Gasteiger partial charge in [-0.3, -0.25) is 15.6 Å². The first-order valence-corrected chi connectivity index (χ1v) is 9.39. The van der Waals surface area contributed by atoms with Gasteiger partial charge in [-0.2, -0.15) is 0 Å². The number of anilines is 1. The van der Waals surface area contributed by atoms with Crippen molar-refractivity contribution in [3.05, 3.63) is 63.9 Å². The van der Waals surface area contributed by atoms with Crippen LogP contribution in [0.3, 0.4) is 0 Å². The van der Waals surface area contributed by atoms with Crippen molar-refractivity contribution in [3.63, 3.8) is 0 Å². The molecule has 9 heteroatoms. The van der Waals surface area contributed by atoms with Gasteiger partial charge in [0.05, 0.1) is 16.5 Å². The summed E-state index contributed by atoms with van der Waals surface area (Å²) in [5, 5.41) is 3.98. The molecule has 0 aliphatic carbocycles. The van der Waals surface area contributed by atoms with E-state index in [1.54, 1.807) is 30.3 Å². The highest BCUT2D eigenvalue weighted by molar-refractivity contribution is 7.99. The zero-order valence-electron chi connectivity index (χ0n) is 12.8. The van der Waals surface area contributed by atoms with Crippen molar-refractivity contribution in [3.8, 4) is 0 Å². The van der Waals surface area contributed by atoms with Crippen LogP contribution < -0.4 is 16.2 Å². The Labute approximate surface area is 164 Å². The average molecular weight is 418 g/mol. The Bertz CT molecular complexity index is 760. The molecular formula is C16H14Cl2FN3OS2. The summed E-state index contributed by atoms with van der Waals surface area (Å²) in [7, 11) is 0. The Morgan fingerprint density at radius 3 is 2.52 bits per heavy atom. The molecule has 3 N–H and O–H groups in total. The fraction of sp³-hybridized carbons (Fsp3) is 0.125. The predicted octanol–water partition coefficient (Wildman–Crippen LogP) is 4.38. The lowest BCUT2D eigenvalue weighted by Gasteiger charge is -2.12. The Kier molecular flexibility index (Phi) is 7.77. The Balaban J connectivity index is 1.68. The second kappa shape index (κ2) is 9.82. The highest BCUT2D eigenvalue weighted by Crippen LogP contribution is 2.25. The standard InChI is InChI=1S/C16H14Cl2FN3OS2/c17-11-3-6-14(13(18)7-11)20-16(24)22-21-15(23)9-25-8-10-1-4-12(19)5-2-10/h1-7H,8-9H2,(H,21,23)(H2,20,22,24). The van der Waals surface area contributed by atoms with Gasteiger partial charge >= 0.3 is 0 Å². The first-order valence-electron chi connectivity index (χ1n) is 7.07. The van der Waals surface area contributed by atoms with Crippen molar-refractivity contribution < 1.29 is 9.18 Å².